The van der Waals surface area contributed by atoms with Crippen LogP contribution < -0.4 is 27.0 Å². The van der Waals surface area contributed by atoms with Crippen molar-refractivity contribution in [1.82, 2.24) is 21.3 Å². The number of nitrogens with two attached hydrogens (primary N) is 1. The standard InChI is InChI=1S/C16H31N5O6/c1-12(15(24)19-6-5-18-11-22)21-16(25)13(2)20-14(23)3-7-26-9-10-27-8-4-17/h11-13H,3-10,17H2,1-2H3,(H,18,22)(H,19,24)(H,20,23)(H,21,25). The minimum atomic E-state index is -0.794. The highest BCUT2D eigenvalue weighted by Gasteiger charge is 2.20. The van der Waals surface area contributed by atoms with E-state index < -0.39 is 18.0 Å². The number of ether oxygens (including phenoxy) is 2. The molecule has 0 fully saturated rings. The van der Waals surface area contributed by atoms with Crippen LogP contribution in [0.5, 0.6) is 0 Å². The molecule has 11 heteroatoms. The first-order chi connectivity index (χ1) is 12.9. The fourth-order valence-corrected chi connectivity index (χ4v) is 1.82. The van der Waals surface area contributed by atoms with E-state index in [1.54, 1.807) is 0 Å². The Morgan fingerprint density at radius 1 is 0.926 bits per heavy atom. The predicted octanol–water partition coefficient (Wildman–Crippen LogP) is -2.76. The second-order valence-corrected chi connectivity index (χ2v) is 5.65. The van der Waals surface area contributed by atoms with Crippen molar-refractivity contribution >= 4 is 24.1 Å². The molecule has 0 saturated carbocycles. The monoisotopic (exact) mass is 389 g/mol. The van der Waals surface area contributed by atoms with Crippen LogP contribution in [0.1, 0.15) is 20.3 Å². The number of carbonyl (C=O) groups is 4. The molecule has 0 aromatic heterocycles. The molecular weight excluding hydrogens is 358 g/mol. The summed E-state index contributed by atoms with van der Waals surface area (Å²) in [7, 11) is 0. The molecular formula is C16H31N5O6. The van der Waals surface area contributed by atoms with Crippen LogP contribution in [0.4, 0.5) is 0 Å². The van der Waals surface area contributed by atoms with E-state index in [1.165, 1.54) is 13.8 Å². The van der Waals surface area contributed by atoms with Crippen LogP contribution in [0.2, 0.25) is 0 Å². The molecule has 0 bridgehead atoms. The molecule has 11 nitrogen and oxygen atoms in total. The van der Waals surface area contributed by atoms with Crippen LogP contribution in [0.15, 0.2) is 0 Å². The molecule has 27 heavy (non-hydrogen) atoms. The zero-order valence-corrected chi connectivity index (χ0v) is 15.9. The van der Waals surface area contributed by atoms with Gasteiger partial charge in [0.25, 0.3) is 0 Å². The SMILES string of the molecule is CC(NC(=O)CCOCCOCCN)C(=O)NC(C)C(=O)NCCNC=O. The molecule has 0 aliphatic heterocycles. The summed E-state index contributed by atoms with van der Waals surface area (Å²) in [6.07, 6.45) is 0.636. The average molecular weight is 389 g/mol. The van der Waals surface area contributed by atoms with Crippen LogP contribution in [-0.4, -0.2) is 82.3 Å². The lowest BCUT2D eigenvalue weighted by Gasteiger charge is -2.18. The van der Waals surface area contributed by atoms with Crippen molar-refractivity contribution in [3.63, 3.8) is 0 Å². The average Bonchev–Trinajstić information content (AvgIpc) is 2.64. The Balaban J connectivity index is 3.93. The summed E-state index contributed by atoms with van der Waals surface area (Å²) in [5, 5.41) is 10.0. The number of hydrogen-bond acceptors (Lipinski definition) is 7. The van der Waals surface area contributed by atoms with Crippen molar-refractivity contribution in [1.29, 1.82) is 0 Å². The lowest BCUT2D eigenvalue weighted by atomic mass is 10.2. The second-order valence-electron chi connectivity index (χ2n) is 5.65. The third-order valence-corrected chi connectivity index (χ3v) is 3.28. The molecule has 0 aromatic rings. The normalized spacial score (nSPS) is 12.6. The Bertz CT molecular complexity index is 463. The van der Waals surface area contributed by atoms with E-state index in [0.717, 1.165) is 0 Å². The van der Waals surface area contributed by atoms with Crippen LogP contribution in [0.3, 0.4) is 0 Å². The van der Waals surface area contributed by atoms with Crippen molar-refractivity contribution in [2.45, 2.75) is 32.4 Å². The summed E-state index contributed by atoms with van der Waals surface area (Å²) in [6.45, 7) is 5.47. The van der Waals surface area contributed by atoms with Crippen LogP contribution in [0, 0.1) is 0 Å². The molecule has 6 N–H and O–H groups in total. The van der Waals surface area contributed by atoms with Gasteiger partial charge in [0.15, 0.2) is 0 Å². The number of hydrogen-bond donors (Lipinski definition) is 5. The smallest absolute Gasteiger partial charge is 0.242 e. The van der Waals surface area contributed by atoms with Gasteiger partial charge in [-0.05, 0) is 13.8 Å². The highest BCUT2D eigenvalue weighted by Crippen LogP contribution is 1.91. The summed E-state index contributed by atoms with van der Waals surface area (Å²) in [6, 6.07) is -1.57. The van der Waals surface area contributed by atoms with Gasteiger partial charge >= 0.3 is 0 Å². The Morgan fingerprint density at radius 3 is 2.19 bits per heavy atom. The summed E-state index contributed by atoms with van der Waals surface area (Å²) in [5.41, 5.74) is 5.27. The summed E-state index contributed by atoms with van der Waals surface area (Å²) >= 11 is 0. The number of amides is 4. The maximum Gasteiger partial charge on any atom is 0.242 e. The quantitative estimate of drug-likeness (QED) is 0.141. The van der Waals surface area contributed by atoms with Crippen molar-refractivity contribution in [2.75, 3.05) is 46.1 Å². The third kappa shape index (κ3) is 13.6. The molecule has 0 aromatic carbocycles. The molecule has 156 valence electrons. The van der Waals surface area contributed by atoms with Gasteiger partial charge in [-0.2, -0.15) is 0 Å². The highest BCUT2D eigenvalue weighted by molar-refractivity contribution is 5.91. The van der Waals surface area contributed by atoms with E-state index in [0.29, 0.717) is 39.3 Å². The second kappa shape index (κ2) is 16.0. The summed E-state index contributed by atoms with van der Waals surface area (Å²) in [4.78, 5) is 45.7. The lowest BCUT2D eigenvalue weighted by molar-refractivity contribution is -0.131. The van der Waals surface area contributed by atoms with Gasteiger partial charge in [0, 0.05) is 26.1 Å². The summed E-state index contributed by atoms with van der Waals surface area (Å²) < 4.78 is 10.4. The Kier molecular flexibility index (Phi) is 14.6. The van der Waals surface area contributed by atoms with E-state index in [1.807, 2.05) is 0 Å². The first-order valence-corrected chi connectivity index (χ1v) is 8.82. The van der Waals surface area contributed by atoms with Crippen molar-refractivity contribution in [3.05, 3.63) is 0 Å². The molecule has 2 unspecified atom stereocenters. The molecule has 4 amide bonds. The maximum atomic E-state index is 12.0. The summed E-state index contributed by atoms with van der Waals surface area (Å²) in [5.74, 6) is -1.20. The van der Waals surface area contributed by atoms with Gasteiger partial charge in [-0.25, -0.2) is 0 Å². The Hall–Kier alpha value is -2.24. The van der Waals surface area contributed by atoms with Gasteiger partial charge in [0.2, 0.25) is 24.1 Å². The zero-order chi connectivity index (χ0) is 20.5. The van der Waals surface area contributed by atoms with Crippen LogP contribution in [-0.2, 0) is 28.7 Å². The van der Waals surface area contributed by atoms with E-state index in [-0.39, 0.29) is 31.4 Å². The highest BCUT2D eigenvalue weighted by atomic mass is 16.5. The first kappa shape index (κ1) is 24.8. The maximum absolute atomic E-state index is 12.0. The van der Waals surface area contributed by atoms with Crippen molar-refractivity contribution in [3.8, 4) is 0 Å². The minimum absolute atomic E-state index is 0.105. The molecule has 0 spiro atoms. The van der Waals surface area contributed by atoms with Gasteiger partial charge in [0.05, 0.1) is 26.4 Å². The third-order valence-electron chi connectivity index (χ3n) is 3.28. The van der Waals surface area contributed by atoms with Crippen molar-refractivity contribution in [2.24, 2.45) is 5.73 Å². The number of nitrogens with one attached hydrogen (secondary N) is 4. The molecule has 0 radical (unpaired) electrons. The number of carbonyl (C=O) groups excluding carboxylic acids is 4. The van der Waals surface area contributed by atoms with E-state index in [2.05, 4.69) is 21.3 Å². The fourth-order valence-electron chi connectivity index (χ4n) is 1.82. The first-order valence-electron chi connectivity index (χ1n) is 8.82. The van der Waals surface area contributed by atoms with Gasteiger partial charge in [-0.3, -0.25) is 19.2 Å². The zero-order valence-electron chi connectivity index (χ0n) is 15.9. The topological polar surface area (TPSA) is 161 Å². The van der Waals surface area contributed by atoms with Gasteiger partial charge in [0.1, 0.15) is 12.1 Å². The minimum Gasteiger partial charge on any atom is -0.379 e. The largest absolute Gasteiger partial charge is 0.379 e. The predicted molar refractivity (Wildman–Crippen MR) is 97.6 cm³/mol. The molecule has 0 aliphatic rings. The van der Waals surface area contributed by atoms with Crippen LogP contribution >= 0.6 is 0 Å². The molecule has 0 heterocycles. The Labute approximate surface area is 159 Å². The van der Waals surface area contributed by atoms with E-state index >= 15 is 0 Å². The molecule has 0 saturated heterocycles. The van der Waals surface area contributed by atoms with Crippen molar-refractivity contribution < 1.29 is 28.7 Å². The van der Waals surface area contributed by atoms with Gasteiger partial charge < -0.3 is 36.5 Å². The van der Waals surface area contributed by atoms with Crippen LogP contribution in [0.25, 0.3) is 0 Å². The van der Waals surface area contributed by atoms with E-state index in [4.69, 9.17) is 15.2 Å². The molecule has 0 aliphatic carbocycles. The molecule has 2 atom stereocenters. The van der Waals surface area contributed by atoms with E-state index in [9.17, 15) is 19.2 Å². The molecule has 0 rings (SSSR count). The lowest BCUT2D eigenvalue weighted by Crippen LogP contribution is -2.52. The number of rotatable bonds is 16. The van der Waals surface area contributed by atoms with Gasteiger partial charge in [-0.1, -0.05) is 0 Å². The Morgan fingerprint density at radius 2 is 1.56 bits per heavy atom. The van der Waals surface area contributed by atoms with Gasteiger partial charge in [-0.15, -0.1) is 0 Å². The fraction of sp³-hybridized carbons (Fsp3) is 0.750.